The maximum atomic E-state index is 12.9. The van der Waals surface area contributed by atoms with E-state index in [-0.39, 0.29) is 22.9 Å². The Labute approximate surface area is 129 Å². The van der Waals surface area contributed by atoms with Crippen LogP contribution in [0, 0.1) is 0 Å². The van der Waals surface area contributed by atoms with Crippen LogP contribution in [0.5, 0.6) is 0 Å². The molecule has 9 heteroatoms. The smallest absolute Gasteiger partial charge is 0.240 e. The van der Waals surface area contributed by atoms with Crippen molar-refractivity contribution in [3.05, 3.63) is 30.6 Å². The molecule has 120 valence electrons. The second-order valence-electron chi connectivity index (χ2n) is 5.30. The van der Waals surface area contributed by atoms with Crippen molar-refractivity contribution in [2.75, 3.05) is 18.1 Å². The summed E-state index contributed by atoms with van der Waals surface area (Å²) >= 11 is 0. The molecule has 0 spiro atoms. The van der Waals surface area contributed by atoms with Gasteiger partial charge in [-0.1, -0.05) is 13.0 Å². The summed E-state index contributed by atoms with van der Waals surface area (Å²) in [5, 5.41) is 4.05. The molecule has 1 aliphatic rings. The Morgan fingerprint density at radius 2 is 2.18 bits per heavy atom. The molecule has 0 aromatic carbocycles. The van der Waals surface area contributed by atoms with Crippen LogP contribution < -0.4 is 0 Å². The van der Waals surface area contributed by atoms with Gasteiger partial charge in [0.25, 0.3) is 0 Å². The molecule has 0 aliphatic carbocycles. The standard InChI is InChI=1S/C13H17N3O4S2/c1-2-16(11-6-8-21(17,18)10-11)22(19,20)13-9-14-15-7-4-3-5-12(13)15/h3-5,7,9,11H,2,6,8,10H2,1H3. The molecule has 1 fully saturated rings. The normalized spacial score (nSPS) is 21.6. The van der Waals surface area contributed by atoms with E-state index in [1.807, 2.05) is 0 Å². The zero-order chi connectivity index (χ0) is 16.0. The monoisotopic (exact) mass is 343 g/mol. The van der Waals surface area contributed by atoms with E-state index in [0.29, 0.717) is 11.9 Å². The van der Waals surface area contributed by atoms with Gasteiger partial charge in [-0.3, -0.25) is 0 Å². The number of pyridine rings is 1. The summed E-state index contributed by atoms with van der Waals surface area (Å²) in [6.45, 7) is 1.95. The second-order valence-corrected chi connectivity index (χ2v) is 9.39. The second kappa shape index (κ2) is 5.32. The molecule has 0 radical (unpaired) electrons. The minimum Gasteiger partial charge on any atom is -0.240 e. The first-order valence-electron chi connectivity index (χ1n) is 7.00. The summed E-state index contributed by atoms with van der Waals surface area (Å²) in [6, 6.07) is 4.68. The van der Waals surface area contributed by atoms with E-state index in [1.165, 1.54) is 15.0 Å². The first kappa shape index (κ1) is 15.4. The Bertz CT molecular complexity index is 902. The fourth-order valence-electron chi connectivity index (χ4n) is 2.86. The molecule has 1 unspecified atom stereocenters. The molecule has 1 atom stereocenters. The molecule has 0 N–H and O–H groups in total. The van der Waals surface area contributed by atoms with Crippen molar-refractivity contribution in [3.63, 3.8) is 0 Å². The lowest BCUT2D eigenvalue weighted by Gasteiger charge is -2.25. The van der Waals surface area contributed by atoms with Crippen molar-refractivity contribution in [2.24, 2.45) is 0 Å². The summed E-state index contributed by atoms with van der Waals surface area (Å²) in [4.78, 5) is 0.110. The summed E-state index contributed by atoms with van der Waals surface area (Å²) in [6.07, 6.45) is 3.33. The number of fused-ring (bicyclic) bond motifs is 1. The fraction of sp³-hybridized carbons (Fsp3) is 0.462. The van der Waals surface area contributed by atoms with Gasteiger partial charge in [0.2, 0.25) is 10.0 Å². The van der Waals surface area contributed by atoms with Crippen molar-refractivity contribution in [1.82, 2.24) is 13.9 Å². The maximum absolute atomic E-state index is 12.9. The third-order valence-corrected chi connectivity index (χ3v) is 7.70. The van der Waals surface area contributed by atoms with Crippen molar-refractivity contribution in [3.8, 4) is 0 Å². The maximum Gasteiger partial charge on any atom is 0.247 e. The van der Waals surface area contributed by atoms with Gasteiger partial charge in [-0.2, -0.15) is 9.40 Å². The number of nitrogens with zero attached hydrogens (tertiary/aromatic N) is 3. The van der Waals surface area contributed by atoms with Gasteiger partial charge in [0.05, 0.1) is 23.2 Å². The SMILES string of the molecule is CCN(C1CCS(=O)(=O)C1)S(=O)(=O)c1cnn2ccccc12. The Morgan fingerprint density at radius 3 is 2.82 bits per heavy atom. The highest BCUT2D eigenvalue weighted by Gasteiger charge is 2.38. The van der Waals surface area contributed by atoms with Crippen LogP contribution >= 0.6 is 0 Å². The highest BCUT2D eigenvalue weighted by molar-refractivity contribution is 7.92. The Balaban J connectivity index is 2.04. The molecule has 3 heterocycles. The zero-order valence-corrected chi connectivity index (χ0v) is 13.7. The third-order valence-electron chi connectivity index (χ3n) is 3.91. The number of sulfone groups is 1. The number of rotatable bonds is 4. The summed E-state index contributed by atoms with van der Waals surface area (Å²) < 4.78 is 51.9. The van der Waals surface area contributed by atoms with Gasteiger partial charge in [-0.05, 0) is 18.6 Å². The van der Waals surface area contributed by atoms with Gasteiger partial charge in [-0.25, -0.2) is 21.4 Å². The van der Waals surface area contributed by atoms with Crippen LogP contribution in [0.1, 0.15) is 13.3 Å². The summed E-state index contributed by atoms with van der Waals surface area (Å²) in [7, 11) is -6.93. The molecule has 0 bridgehead atoms. The summed E-state index contributed by atoms with van der Waals surface area (Å²) in [5.74, 6) is -0.0717. The van der Waals surface area contributed by atoms with Crippen LogP contribution in [0.15, 0.2) is 35.5 Å². The van der Waals surface area contributed by atoms with Crippen LogP contribution in [-0.4, -0.2) is 54.8 Å². The molecule has 0 saturated carbocycles. The molecule has 2 aromatic rings. The molecule has 0 amide bonds. The highest BCUT2D eigenvalue weighted by Crippen LogP contribution is 2.26. The van der Waals surface area contributed by atoms with E-state index in [4.69, 9.17) is 0 Å². The number of hydrogen-bond acceptors (Lipinski definition) is 5. The quantitative estimate of drug-likeness (QED) is 0.808. The third kappa shape index (κ3) is 2.53. The number of aromatic nitrogens is 2. The average molecular weight is 343 g/mol. The van der Waals surface area contributed by atoms with Gasteiger partial charge < -0.3 is 0 Å². The number of hydrogen-bond donors (Lipinski definition) is 0. The minimum atomic E-state index is -3.78. The van der Waals surface area contributed by atoms with E-state index < -0.39 is 25.9 Å². The molecular weight excluding hydrogens is 326 g/mol. The zero-order valence-electron chi connectivity index (χ0n) is 12.1. The van der Waals surface area contributed by atoms with Crippen molar-refractivity contribution < 1.29 is 16.8 Å². The molecule has 22 heavy (non-hydrogen) atoms. The van der Waals surface area contributed by atoms with Crippen LogP contribution in [0.4, 0.5) is 0 Å². The van der Waals surface area contributed by atoms with Crippen molar-refractivity contribution >= 4 is 25.4 Å². The molecule has 1 saturated heterocycles. The van der Waals surface area contributed by atoms with E-state index in [0.717, 1.165) is 0 Å². The van der Waals surface area contributed by atoms with Crippen LogP contribution in [0.25, 0.3) is 5.52 Å². The highest BCUT2D eigenvalue weighted by atomic mass is 32.2. The first-order chi connectivity index (χ1) is 10.3. The predicted molar refractivity (Wildman–Crippen MR) is 81.8 cm³/mol. The van der Waals surface area contributed by atoms with Crippen molar-refractivity contribution in [2.45, 2.75) is 24.3 Å². The first-order valence-corrected chi connectivity index (χ1v) is 10.3. The van der Waals surface area contributed by atoms with Gasteiger partial charge in [0.15, 0.2) is 9.84 Å². The fourth-order valence-corrected chi connectivity index (χ4v) is 6.46. The Kier molecular flexibility index (Phi) is 3.74. The lowest BCUT2D eigenvalue weighted by atomic mass is 10.3. The van der Waals surface area contributed by atoms with Crippen LogP contribution in [-0.2, 0) is 19.9 Å². The molecular formula is C13H17N3O4S2. The van der Waals surface area contributed by atoms with Gasteiger partial charge in [-0.15, -0.1) is 0 Å². The molecule has 2 aromatic heterocycles. The van der Waals surface area contributed by atoms with E-state index in [1.54, 1.807) is 31.3 Å². The van der Waals surface area contributed by atoms with Gasteiger partial charge in [0.1, 0.15) is 4.90 Å². The lowest BCUT2D eigenvalue weighted by molar-refractivity contribution is 0.355. The predicted octanol–water partition coefficient (Wildman–Crippen LogP) is 0.532. The van der Waals surface area contributed by atoms with Crippen LogP contribution in [0.2, 0.25) is 0 Å². The topological polar surface area (TPSA) is 88.8 Å². The average Bonchev–Trinajstić information content (AvgIpc) is 3.03. The van der Waals surface area contributed by atoms with Crippen molar-refractivity contribution in [1.29, 1.82) is 0 Å². The van der Waals surface area contributed by atoms with E-state index >= 15 is 0 Å². The van der Waals surface area contributed by atoms with Gasteiger partial charge >= 0.3 is 0 Å². The Morgan fingerprint density at radius 1 is 1.41 bits per heavy atom. The molecule has 7 nitrogen and oxygen atoms in total. The largest absolute Gasteiger partial charge is 0.247 e. The van der Waals surface area contributed by atoms with E-state index in [9.17, 15) is 16.8 Å². The van der Waals surface area contributed by atoms with Crippen LogP contribution in [0.3, 0.4) is 0 Å². The minimum absolute atomic E-state index is 0.0401. The lowest BCUT2D eigenvalue weighted by Crippen LogP contribution is -2.40. The van der Waals surface area contributed by atoms with Gasteiger partial charge in [0, 0.05) is 18.8 Å². The molecule has 1 aliphatic heterocycles. The molecule has 3 rings (SSSR count). The Hall–Kier alpha value is -1.45. The number of sulfonamides is 1. The van der Waals surface area contributed by atoms with E-state index in [2.05, 4.69) is 5.10 Å². The summed E-state index contributed by atoms with van der Waals surface area (Å²) in [5.41, 5.74) is 0.488.